The quantitative estimate of drug-likeness (QED) is 0.368. The largest absolute Gasteiger partial charge is 0.338 e. The fourth-order valence-electron chi connectivity index (χ4n) is 7.59. The molecule has 0 amide bonds. The van der Waals surface area contributed by atoms with Crippen LogP contribution in [0.2, 0.25) is 0 Å². The maximum atomic E-state index is 9.35. The summed E-state index contributed by atoms with van der Waals surface area (Å²) >= 11 is 2.16. The number of hydrogen-bond donors (Lipinski definition) is 0. The van der Waals surface area contributed by atoms with Crippen LogP contribution in [0.25, 0.3) is 16.8 Å². The summed E-state index contributed by atoms with van der Waals surface area (Å²) in [6.07, 6.45) is 28.1. The van der Waals surface area contributed by atoms with Crippen LogP contribution >= 0.6 is 11.8 Å². The van der Waals surface area contributed by atoms with Crippen LogP contribution in [0, 0.1) is 23.2 Å². The van der Waals surface area contributed by atoms with Crippen LogP contribution < -0.4 is 0 Å². The van der Waals surface area contributed by atoms with Gasteiger partial charge in [-0.25, -0.2) is 0 Å². The highest BCUT2D eigenvalue weighted by molar-refractivity contribution is 8.04. The molecule has 3 heterocycles. The molecule has 1 aromatic carbocycles. The van der Waals surface area contributed by atoms with Crippen molar-refractivity contribution in [2.24, 2.45) is 11.8 Å². The smallest absolute Gasteiger partial charge is 0.0992 e. The van der Waals surface area contributed by atoms with Gasteiger partial charge in [-0.15, -0.1) is 11.8 Å². The molecular formula is C36H31N3S. The Bertz CT molecular complexity index is 1670. The molecule has 0 N–H and O–H groups in total. The first-order valence-corrected chi connectivity index (χ1v) is 15.5. The lowest BCUT2D eigenvalue weighted by atomic mass is 9.74. The third kappa shape index (κ3) is 3.83. The van der Waals surface area contributed by atoms with Crippen LogP contribution in [-0.4, -0.2) is 21.2 Å². The van der Waals surface area contributed by atoms with Crippen LogP contribution in [0.4, 0.5) is 0 Å². The van der Waals surface area contributed by atoms with Crippen molar-refractivity contribution in [3.63, 3.8) is 0 Å². The van der Waals surface area contributed by atoms with E-state index >= 15 is 0 Å². The third-order valence-electron chi connectivity index (χ3n) is 9.35. The van der Waals surface area contributed by atoms with E-state index in [1.165, 1.54) is 41.8 Å². The summed E-state index contributed by atoms with van der Waals surface area (Å²) in [5.41, 5.74) is 11.3. The molecule has 2 aromatic rings. The fraction of sp³-hybridized carbons (Fsp3) is 0.278. The van der Waals surface area contributed by atoms with E-state index in [2.05, 4.69) is 101 Å². The minimum atomic E-state index is 0.404. The van der Waals surface area contributed by atoms with Gasteiger partial charge in [-0.1, -0.05) is 54.7 Å². The van der Waals surface area contributed by atoms with Gasteiger partial charge >= 0.3 is 0 Å². The Morgan fingerprint density at radius 1 is 0.925 bits per heavy atom. The lowest BCUT2D eigenvalue weighted by molar-refractivity contribution is 0.308. The Hall–Kier alpha value is -3.81. The van der Waals surface area contributed by atoms with Crippen molar-refractivity contribution < 1.29 is 0 Å². The number of benzene rings is 1. The molecule has 3 nitrogen and oxygen atoms in total. The fourth-order valence-corrected chi connectivity index (χ4v) is 9.32. The first-order valence-electron chi connectivity index (χ1n) is 14.6. The first kappa shape index (κ1) is 24.0. The van der Waals surface area contributed by atoms with Gasteiger partial charge in [0.05, 0.1) is 23.4 Å². The summed E-state index contributed by atoms with van der Waals surface area (Å²) in [5, 5.41) is 9.97. The number of allylic oxidation sites excluding steroid dienone is 10. The van der Waals surface area contributed by atoms with E-state index < -0.39 is 0 Å². The number of fused-ring (bicyclic) bond motifs is 5. The monoisotopic (exact) mass is 537 g/mol. The van der Waals surface area contributed by atoms with E-state index in [1.807, 2.05) is 6.07 Å². The summed E-state index contributed by atoms with van der Waals surface area (Å²) in [6.45, 7) is 0. The first-order chi connectivity index (χ1) is 19.8. The molecule has 0 saturated carbocycles. The van der Waals surface area contributed by atoms with E-state index in [0.29, 0.717) is 28.7 Å². The molecule has 1 aromatic heterocycles. The summed E-state index contributed by atoms with van der Waals surface area (Å²) in [4.78, 5) is 8.79. The maximum absolute atomic E-state index is 9.35. The van der Waals surface area contributed by atoms with Gasteiger partial charge in [-0.3, -0.25) is 4.98 Å². The van der Waals surface area contributed by atoms with Crippen LogP contribution in [-0.2, 0) is 0 Å². The van der Waals surface area contributed by atoms with E-state index in [-0.39, 0.29) is 0 Å². The summed E-state index contributed by atoms with van der Waals surface area (Å²) in [5.74, 6) is 1.17. The number of nitriles is 1. The van der Waals surface area contributed by atoms with Crippen LogP contribution in [0.15, 0.2) is 119 Å². The van der Waals surface area contributed by atoms with Crippen molar-refractivity contribution in [3.05, 3.63) is 130 Å². The van der Waals surface area contributed by atoms with Crippen LogP contribution in [0.5, 0.6) is 0 Å². The standard InChI is InChI=1S/C36H31N3S/c37-22-23-17-18-38-31(19-23)26-9-5-7-24(20-26)25-8-6-10-27(21-25)39-32-13-3-1-12-30(32)35-33(39)16-15-29-28-11-2-4-14-34(28)40-36(29)35/h3-5,7-9,13-21,29,33,35-36H,1-2,6,10-12H2. The van der Waals surface area contributed by atoms with Crippen molar-refractivity contribution >= 4 is 17.3 Å². The van der Waals surface area contributed by atoms with Gasteiger partial charge in [-0.05, 0) is 91.2 Å². The van der Waals surface area contributed by atoms with Gasteiger partial charge in [0.25, 0.3) is 0 Å². The van der Waals surface area contributed by atoms with Crippen LogP contribution in [0.1, 0.15) is 49.7 Å². The number of thioether (sulfide) groups is 1. The van der Waals surface area contributed by atoms with E-state index in [1.54, 1.807) is 28.3 Å². The predicted molar refractivity (Wildman–Crippen MR) is 164 cm³/mol. The summed E-state index contributed by atoms with van der Waals surface area (Å²) in [7, 11) is 0. The Kier molecular flexibility index (Phi) is 5.81. The minimum absolute atomic E-state index is 0.404. The normalized spacial score (nSPS) is 28.0. The number of aromatic nitrogens is 1. The molecule has 0 radical (unpaired) electrons. The second kappa shape index (κ2) is 9.68. The minimum Gasteiger partial charge on any atom is -0.338 e. The number of pyridine rings is 1. The van der Waals surface area contributed by atoms with E-state index in [9.17, 15) is 5.26 Å². The highest BCUT2D eigenvalue weighted by Crippen LogP contribution is 2.58. The molecule has 4 heteroatoms. The maximum Gasteiger partial charge on any atom is 0.0992 e. The van der Waals surface area contributed by atoms with Gasteiger partial charge in [-0.2, -0.15) is 5.26 Å². The molecule has 196 valence electrons. The summed E-state index contributed by atoms with van der Waals surface area (Å²) < 4.78 is 0. The molecule has 8 rings (SSSR count). The van der Waals surface area contributed by atoms with Crippen molar-refractivity contribution in [2.75, 3.05) is 0 Å². The van der Waals surface area contributed by atoms with Gasteiger partial charge < -0.3 is 4.90 Å². The molecule has 40 heavy (non-hydrogen) atoms. The van der Waals surface area contributed by atoms with Crippen molar-refractivity contribution in [1.82, 2.24) is 9.88 Å². The molecular weight excluding hydrogens is 506 g/mol. The molecule has 0 bridgehead atoms. The zero-order chi connectivity index (χ0) is 26.6. The molecule has 6 aliphatic rings. The number of rotatable bonds is 3. The topological polar surface area (TPSA) is 39.9 Å². The van der Waals surface area contributed by atoms with Gasteiger partial charge in [0.2, 0.25) is 0 Å². The van der Waals surface area contributed by atoms with Crippen LogP contribution in [0.3, 0.4) is 0 Å². The Morgan fingerprint density at radius 3 is 2.73 bits per heavy atom. The van der Waals surface area contributed by atoms with Crippen molar-refractivity contribution in [2.45, 2.75) is 49.8 Å². The Labute approximate surface area is 240 Å². The van der Waals surface area contributed by atoms with Gasteiger partial charge in [0.1, 0.15) is 0 Å². The highest BCUT2D eigenvalue weighted by Gasteiger charge is 2.51. The molecule has 4 atom stereocenters. The van der Waals surface area contributed by atoms with Crippen molar-refractivity contribution in [1.29, 1.82) is 5.26 Å². The highest BCUT2D eigenvalue weighted by atomic mass is 32.2. The Morgan fingerprint density at radius 2 is 1.80 bits per heavy atom. The molecule has 0 fully saturated rings. The third-order valence-corrected chi connectivity index (χ3v) is 10.9. The molecule has 0 spiro atoms. The molecule has 0 saturated heterocycles. The number of nitrogens with zero attached hydrogens (tertiary/aromatic N) is 3. The predicted octanol–water partition coefficient (Wildman–Crippen LogP) is 8.49. The zero-order valence-electron chi connectivity index (χ0n) is 22.5. The van der Waals surface area contributed by atoms with E-state index in [4.69, 9.17) is 0 Å². The molecule has 4 aliphatic carbocycles. The Balaban J connectivity index is 1.14. The lowest BCUT2D eigenvalue weighted by Crippen LogP contribution is -2.41. The SMILES string of the molecule is N#Cc1ccnc(-c2cccc(C3=CCCC(N4C5=C(CCC=C5)C5C6SC7=C(CCC=C7)C6C=CC54)=C3)c2)c1. The van der Waals surface area contributed by atoms with Gasteiger partial charge in [0, 0.05) is 45.1 Å². The van der Waals surface area contributed by atoms with Gasteiger partial charge in [0.15, 0.2) is 0 Å². The lowest BCUT2D eigenvalue weighted by Gasteiger charge is -2.39. The van der Waals surface area contributed by atoms with Crippen molar-refractivity contribution in [3.8, 4) is 17.3 Å². The summed E-state index contributed by atoms with van der Waals surface area (Å²) in [6, 6.07) is 14.9. The second-order valence-corrected chi connectivity index (χ2v) is 12.7. The molecule has 4 unspecified atom stereocenters. The second-order valence-electron chi connectivity index (χ2n) is 11.5. The average molecular weight is 538 g/mol. The zero-order valence-corrected chi connectivity index (χ0v) is 23.3. The molecule has 2 aliphatic heterocycles. The van der Waals surface area contributed by atoms with E-state index in [0.717, 1.165) is 30.5 Å². The average Bonchev–Trinajstić information content (AvgIpc) is 3.57. The number of hydrogen-bond acceptors (Lipinski definition) is 4.